The molecule has 25 heavy (non-hydrogen) atoms. The number of aryl methyl sites for hydroxylation is 1. The van der Waals surface area contributed by atoms with E-state index < -0.39 is 0 Å². The maximum Gasteiger partial charge on any atom is 0.108 e. The van der Waals surface area contributed by atoms with Crippen LogP contribution in [0.25, 0.3) is 0 Å². The summed E-state index contributed by atoms with van der Waals surface area (Å²) >= 11 is 0. The van der Waals surface area contributed by atoms with Gasteiger partial charge in [-0.15, -0.1) is 0 Å². The molecular weight excluding hydrogens is 304 g/mol. The van der Waals surface area contributed by atoms with Crippen LogP contribution in [0.3, 0.4) is 0 Å². The van der Waals surface area contributed by atoms with Crippen molar-refractivity contribution in [2.45, 2.75) is 32.9 Å². The molecule has 0 N–H and O–H groups in total. The molecule has 0 saturated heterocycles. The van der Waals surface area contributed by atoms with E-state index in [-0.39, 0.29) is 0 Å². The molecule has 3 heterocycles. The Morgan fingerprint density at radius 1 is 0.680 bits per heavy atom. The average Bonchev–Trinajstić information content (AvgIpc) is 2.94. The number of hydrogen-bond donors (Lipinski definition) is 0. The van der Waals surface area contributed by atoms with Crippen molar-refractivity contribution in [1.82, 2.24) is 0 Å². The molecule has 1 unspecified atom stereocenters. The first-order valence-corrected chi connectivity index (χ1v) is 9.13. The molecule has 3 aliphatic heterocycles. The van der Waals surface area contributed by atoms with Gasteiger partial charge in [0.15, 0.2) is 0 Å². The second-order valence-corrected chi connectivity index (χ2v) is 7.52. The molecule has 1 atom stereocenters. The van der Waals surface area contributed by atoms with Crippen LogP contribution in [0.4, 0.5) is 22.7 Å². The fourth-order valence-electron chi connectivity index (χ4n) is 5.11. The van der Waals surface area contributed by atoms with Gasteiger partial charge in [0, 0.05) is 24.2 Å². The molecule has 2 nitrogen and oxygen atoms in total. The summed E-state index contributed by atoms with van der Waals surface area (Å²) in [7, 11) is 0. The van der Waals surface area contributed by atoms with Crippen molar-refractivity contribution in [3.05, 3.63) is 82.4 Å². The maximum absolute atomic E-state index is 2.59. The molecule has 3 aromatic rings. The van der Waals surface area contributed by atoms with Crippen molar-refractivity contribution < 1.29 is 0 Å². The Bertz CT molecular complexity index is 1050. The zero-order valence-electron chi connectivity index (χ0n) is 14.6. The van der Waals surface area contributed by atoms with Gasteiger partial charge in [-0.05, 0) is 47.7 Å². The molecular formula is C23H20N2. The lowest BCUT2D eigenvalue weighted by Crippen LogP contribution is -2.38. The summed E-state index contributed by atoms with van der Waals surface area (Å²) in [5, 5.41) is 0. The average molecular weight is 324 g/mol. The Hall–Kier alpha value is -2.74. The first-order valence-electron chi connectivity index (χ1n) is 9.13. The Balaban J connectivity index is 1.69. The smallest absolute Gasteiger partial charge is 0.108 e. The highest BCUT2D eigenvalue weighted by atomic mass is 15.4. The van der Waals surface area contributed by atoms with E-state index in [4.69, 9.17) is 0 Å². The highest BCUT2D eigenvalue weighted by Gasteiger charge is 2.43. The van der Waals surface area contributed by atoms with Crippen molar-refractivity contribution in [2.75, 3.05) is 9.80 Å². The van der Waals surface area contributed by atoms with Crippen LogP contribution in [0.5, 0.6) is 0 Å². The van der Waals surface area contributed by atoms with Gasteiger partial charge in [-0.25, -0.2) is 0 Å². The lowest BCUT2D eigenvalue weighted by Gasteiger charge is -2.36. The summed E-state index contributed by atoms with van der Waals surface area (Å²) in [6.07, 6.45) is 2.38. The Kier molecular flexibility index (Phi) is 2.41. The van der Waals surface area contributed by atoms with Crippen molar-refractivity contribution in [2.24, 2.45) is 0 Å². The van der Waals surface area contributed by atoms with Crippen LogP contribution < -0.4 is 9.80 Å². The number of anilines is 4. The van der Waals surface area contributed by atoms with Crippen molar-refractivity contribution in [1.29, 1.82) is 0 Å². The highest BCUT2D eigenvalue weighted by molar-refractivity contribution is 5.97. The lowest BCUT2D eigenvalue weighted by molar-refractivity contribution is 0.743. The minimum absolute atomic E-state index is 0.302. The second kappa shape index (κ2) is 4.45. The molecule has 6 rings (SSSR count). The standard InChI is InChI=1S/C23H20N2/c1-14-6-5-8-17-13-19-11-10-18-12-16-7-3-4-9-20(16)24-15(2)25(21(14)17)23(19)22(18)24/h3-11,15H,12-13H2,1-2H3. The van der Waals surface area contributed by atoms with Crippen molar-refractivity contribution in [3.8, 4) is 0 Å². The van der Waals surface area contributed by atoms with Crippen LogP contribution in [0.1, 0.15) is 34.7 Å². The highest BCUT2D eigenvalue weighted by Crippen LogP contribution is 2.57. The number of rotatable bonds is 0. The van der Waals surface area contributed by atoms with Gasteiger partial charge in [0.05, 0.1) is 11.4 Å². The topological polar surface area (TPSA) is 6.48 Å². The minimum atomic E-state index is 0.302. The maximum atomic E-state index is 2.59. The van der Waals surface area contributed by atoms with E-state index in [0.29, 0.717) is 6.17 Å². The third-order valence-corrected chi connectivity index (χ3v) is 6.12. The van der Waals surface area contributed by atoms with Gasteiger partial charge >= 0.3 is 0 Å². The van der Waals surface area contributed by atoms with Gasteiger partial charge < -0.3 is 9.80 Å². The van der Waals surface area contributed by atoms with Crippen LogP contribution in [-0.4, -0.2) is 6.17 Å². The number of hydrogen-bond acceptors (Lipinski definition) is 2. The molecule has 0 spiro atoms. The predicted molar refractivity (Wildman–Crippen MR) is 103 cm³/mol. The minimum Gasteiger partial charge on any atom is -0.318 e. The SMILES string of the molecule is Cc1cccc2c1N1c3c(ccc4c3N(c3ccccc3C4)C1C)C2. The van der Waals surface area contributed by atoms with Gasteiger partial charge in [0.1, 0.15) is 6.17 Å². The summed E-state index contributed by atoms with van der Waals surface area (Å²) in [5.74, 6) is 0. The molecule has 0 fully saturated rings. The quantitative estimate of drug-likeness (QED) is 0.543. The zero-order chi connectivity index (χ0) is 16.7. The van der Waals surface area contributed by atoms with E-state index >= 15 is 0 Å². The van der Waals surface area contributed by atoms with Gasteiger partial charge in [-0.2, -0.15) is 0 Å². The van der Waals surface area contributed by atoms with Crippen molar-refractivity contribution >= 4 is 22.7 Å². The first kappa shape index (κ1) is 13.5. The van der Waals surface area contributed by atoms with E-state index in [1.807, 2.05) is 0 Å². The molecule has 122 valence electrons. The van der Waals surface area contributed by atoms with Crippen LogP contribution >= 0.6 is 0 Å². The van der Waals surface area contributed by atoms with Crippen LogP contribution in [0.2, 0.25) is 0 Å². The number of para-hydroxylation sites is 2. The van der Waals surface area contributed by atoms with E-state index in [9.17, 15) is 0 Å². The molecule has 3 aliphatic rings. The third-order valence-electron chi connectivity index (χ3n) is 6.12. The molecule has 0 saturated carbocycles. The summed E-state index contributed by atoms with van der Waals surface area (Å²) in [6.45, 7) is 4.59. The molecule has 3 aromatic carbocycles. The monoisotopic (exact) mass is 324 g/mol. The van der Waals surface area contributed by atoms with Gasteiger partial charge in [-0.3, -0.25) is 0 Å². The summed E-state index contributed by atoms with van der Waals surface area (Å²) in [6, 6.07) is 20.3. The Morgan fingerprint density at radius 3 is 2.16 bits per heavy atom. The molecule has 0 radical (unpaired) electrons. The van der Waals surface area contributed by atoms with E-state index in [2.05, 4.69) is 78.2 Å². The second-order valence-electron chi connectivity index (χ2n) is 7.52. The summed E-state index contributed by atoms with van der Waals surface area (Å²) in [4.78, 5) is 5.15. The summed E-state index contributed by atoms with van der Waals surface area (Å²) < 4.78 is 0. The van der Waals surface area contributed by atoms with Gasteiger partial charge in [0.2, 0.25) is 0 Å². The van der Waals surface area contributed by atoms with Crippen LogP contribution in [0, 0.1) is 6.92 Å². The number of fused-ring (bicyclic) bond motifs is 4. The predicted octanol–water partition coefficient (Wildman–Crippen LogP) is 5.44. The van der Waals surface area contributed by atoms with Gasteiger partial charge in [0.25, 0.3) is 0 Å². The van der Waals surface area contributed by atoms with Crippen LogP contribution in [-0.2, 0) is 12.8 Å². The van der Waals surface area contributed by atoms with E-state index in [1.165, 1.54) is 50.6 Å². The first-order chi connectivity index (χ1) is 12.2. The summed E-state index contributed by atoms with van der Waals surface area (Å²) in [5.41, 5.74) is 12.9. The van der Waals surface area contributed by atoms with Gasteiger partial charge in [-0.1, -0.05) is 48.5 Å². The van der Waals surface area contributed by atoms with Crippen LogP contribution in [0.15, 0.2) is 54.6 Å². The Labute approximate surface area is 148 Å². The zero-order valence-corrected chi connectivity index (χ0v) is 14.6. The number of benzene rings is 3. The third kappa shape index (κ3) is 1.55. The molecule has 0 bridgehead atoms. The molecule has 0 aromatic heterocycles. The van der Waals surface area contributed by atoms with E-state index in [1.54, 1.807) is 0 Å². The van der Waals surface area contributed by atoms with Crippen molar-refractivity contribution in [3.63, 3.8) is 0 Å². The number of nitrogens with zero attached hydrogens (tertiary/aromatic N) is 2. The Morgan fingerprint density at radius 2 is 1.32 bits per heavy atom. The molecule has 0 amide bonds. The molecule has 2 heteroatoms. The lowest BCUT2D eigenvalue weighted by atomic mass is 9.89. The van der Waals surface area contributed by atoms with E-state index in [0.717, 1.165) is 12.8 Å². The normalized spacial score (nSPS) is 18.7. The molecule has 0 aliphatic carbocycles. The fourth-order valence-corrected chi connectivity index (χ4v) is 5.11. The largest absolute Gasteiger partial charge is 0.318 e. The fraction of sp³-hybridized carbons (Fsp3) is 0.217.